The van der Waals surface area contributed by atoms with Gasteiger partial charge in [0.15, 0.2) is 5.78 Å². The maximum atomic E-state index is 13.1. The number of esters is 1. The van der Waals surface area contributed by atoms with Crippen molar-refractivity contribution in [2.75, 3.05) is 6.61 Å². The Hall–Kier alpha value is -3.34. The number of hydrogen-bond donors (Lipinski definition) is 1. The number of para-hydroxylation sites is 1. The molecule has 0 saturated carbocycles. The fraction of sp³-hybridized carbons (Fsp3) is 0.333. The van der Waals surface area contributed by atoms with Gasteiger partial charge >= 0.3 is 5.97 Å². The summed E-state index contributed by atoms with van der Waals surface area (Å²) in [6, 6.07) is 17.6. The SMILES string of the molecule is CCOC(=O)C1=C(CC)NC2=C(C(=O)CCC2)C1c1ccccc1OCc1ccccc1. The monoisotopic (exact) mass is 431 g/mol. The van der Waals surface area contributed by atoms with E-state index in [1.807, 2.05) is 61.5 Å². The molecule has 0 radical (unpaired) electrons. The quantitative estimate of drug-likeness (QED) is 0.612. The second-order valence-electron chi connectivity index (χ2n) is 8.01. The third-order valence-electron chi connectivity index (χ3n) is 5.98. The number of dihydropyridines is 1. The molecule has 0 spiro atoms. The van der Waals surface area contributed by atoms with Crippen molar-refractivity contribution in [1.29, 1.82) is 0 Å². The predicted octanol–water partition coefficient (Wildman–Crippen LogP) is 5.19. The molecule has 4 rings (SSSR count). The summed E-state index contributed by atoms with van der Waals surface area (Å²) in [6.07, 6.45) is 2.74. The standard InChI is InChI=1S/C27H29NO4/c1-3-20-26(27(30)31-4-2)24(25-21(28-20)14-10-15-22(25)29)19-13-8-9-16-23(19)32-17-18-11-6-5-7-12-18/h5-9,11-13,16,24,28H,3-4,10,14-15,17H2,1-2H3. The normalized spacial score (nSPS) is 18.2. The lowest BCUT2D eigenvalue weighted by atomic mass is 9.74. The van der Waals surface area contributed by atoms with Crippen molar-refractivity contribution in [2.45, 2.75) is 52.1 Å². The first-order valence-corrected chi connectivity index (χ1v) is 11.3. The molecule has 5 nitrogen and oxygen atoms in total. The van der Waals surface area contributed by atoms with Gasteiger partial charge in [-0.15, -0.1) is 0 Å². The zero-order valence-corrected chi connectivity index (χ0v) is 18.6. The summed E-state index contributed by atoms with van der Waals surface area (Å²) in [4.78, 5) is 26.2. The van der Waals surface area contributed by atoms with Gasteiger partial charge in [-0.1, -0.05) is 55.5 Å². The summed E-state index contributed by atoms with van der Waals surface area (Å²) in [5.41, 5.74) is 4.80. The third kappa shape index (κ3) is 4.33. The van der Waals surface area contributed by atoms with Crippen LogP contribution in [-0.4, -0.2) is 18.4 Å². The molecule has 1 N–H and O–H groups in total. The van der Waals surface area contributed by atoms with Crippen LogP contribution in [0, 0.1) is 0 Å². The molecule has 1 aliphatic carbocycles. The van der Waals surface area contributed by atoms with Crippen LogP contribution in [0.5, 0.6) is 5.75 Å². The van der Waals surface area contributed by atoms with Gasteiger partial charge in [0.1, 0.15) is 12.4 Å². The Morgan fingerprint density at radius 1 is 1.03 bits per heavy atom. The van der Waals surface area contributed by atoms with Gasteiger partial charge in [-0.05, 0) is 37.8 Å². The molecule has 0 aromatic heterocycles. The smallest absolute Gasteiger partial charge is 0.336 e. The lowest BCUT2D eigenvalue weighted by Crippen LogP contribution is -2.35. The molecule has 1 atom stereocenters. The molecule has 1 heterocycles. The first kappa shape index (κ1) is 21.9. The van der Waals surface area contributed by atoms with Gasteiger partial charge in [0, 0.05) is 29.0 Å². The van der Waals surface area contributed by atoms with Crippen LogP contribution in [0.15, 0.2) is 77.1 Å². The van der Waals surface area contributed by atoms with Gasteiger partial charge in [0.2, 0.25) is 0 Å². The first-order valence-electron chi connectivity index (χ1n) is 11.3. The first-order chi connectivity index (χ1) is 15.6. The lowest BCUT2D eigenvalue weighted by Gasteiger charge is -2.35. The highest BCUT2D eigenvalue weighted by atomic mass is 16.5. The van der Waals surface area contributed by atoms with Crippen LogP contribution < -0.4 is 10.1 Å². The molecule has 166 valence electrons. The second kappa shape index (κ2) is 9.86. The van der Waals surface area contributed by atoms with Gasteiger partial charge in [0.25, 0.3) is 0 Å². The van der Waals surface area contributed by atoms with E-state index in [0.717, 1.165) is 35.4 Å². The number of allylic oxidation sites excluding steroid dienone is 3. The van der Waals surface area contributed by atoms with E-state index in [4.69, 9.17) is 9.47 Å². The molecule has 2 aromatic carbocycles. The summed E-state index contributed by atoms with van der Waals surface area (Å²) in [7, 11) is 0. The van der Waals surface area contributed by atoms with Crippen LogP contribution in [-0.2, 0) is 20.9 Å². The number of benzene rings is 2. The number of ether oxygens (including phenoxy) is 2. The van der Waals surface area contributed by atoms with Crippen molar-refractivity contribution in [3.63, 3.8) is 0 Å². The van der Waals surface area contributed by atoms with Crippen LogP contribution in [0.1, 0.15) is 56.6 Å². The van der Waals surface area contributed by atoms with Gasteiger partial charge in [-0.2, -0.15) is 0 Å². The summed E-state index contributed by atoms with van der Waals surface area (Å²) in [5, 5.41) is 3.40. The molecule has 1 unspecified atom stereocenters. The van der Waals surface area contributed by atoms with E-state index >= 15 is 0 Å². The molecule has 0 amide bonds. The number of nitrogens with one attached hydrogen (secondary N) is 1. The van der Waals surface area contributed by atoms with Crippen molar-refractivity contribution < 1.29 is 19.1 Å². The average molecular weight is 432 g/mol. The molecule has 2 aliphatic rings. The maximum absolute atomic E-state index is 13.1. The molecule has 0 saturated heterocycles. The third-order valence-corrected chi connectivity index (χ3v) is 5.98. The van der Waals surface area contributed by atoms with E-state index in [2.05, 4.69) is 5.32 Å². The van der Waals surface area contributed by atoms with E-state index in [-0.39, 0.29) is 18.4 Å². The molecule has 0 fully saturated rings. The number of rotatable bonds is 7. The Balaban J connectivity index is 1.81. The summed E-state index contributed by atoms with van der Waals surface area (Å²) >= 11 is 0. The zero-order valence-electron chi connectivity index (χ0n) is 18.6. The molecule has 5 heteroatoms. The fourth-order valence-corrected chi connectivity index (χ4v) is 4.52. The van der Waals surface area contributed by atoms with Crippen molar-refractivity contribution >= 4 is 11.8 Å². The van der Waals surface area contributed by atoms with Gasteiger partial charge in [-0.25, -0.2) is 4.79 Å². The Bertz CT molecular complexity index is 1070. The van der Waals surface area contributed by atoms with Gasteiger partial charge in [-0.3, -0.25) is 4.79 Å². The van der Waals surface area contributed by atoms with E-state index in [1.54, 1.807) is 6.92 Å². The summed E-state index contributed by atoms with van der Waals surface area (Å²) in [6.45, 7) is 4.48. The molecule has 1 aliphatic heterocycles. The predicted molar refractivity (Wildman–Crippen MR) is 123 cm³/mol. The molecule has 2 aromatic rings. The second-order valence-corrected chi connectivity index (χ2v) is 8.01. The number of Topliss-reactive ketones (excluding diaryl/α,β-unsaturated/α-hetero) is 1. The van der Waals surface area contributed by atoms with Crippen LogP contribution in [0.3, 0.4) is 0 Å². The van der Waals surface area contributed by atoms with Crippen molar-refractivity contribution in [3.8, 4) is 5.75 Å². The minimum atomic E-state index is -0.500. The minimum absolute atomic E-state index is 0.0820. The molecular weight excluding hydrogens is 402 g/mol. The summed E-state index contributed by atoms with van der Waals surface area (Å²) in [5.74, 6) is -0.131. The fourth-order valence-electron chi connectivity index (χ4n) is 4.52. The summed E-state index contributed by atoms with van der Waals surface area (Å²) < 4.78 is 11.7. The highest BCUT2D eigenvalue weighted by Gasteiger charge is 2.40. The number of carbonyl (C=O) groups excluding carboxylic acids is 2. The topological polar surface area (TPSA) is 64.6 Å². The average Bonchev–Trinajstić information content (AvgIpc) is 2.82. The molecule has 0 bridgehead atoms. The lowest BCUT2D eigenvalue weighted by molar-refractivity contribution is -0.138. The number of ketones is 1. The van der Waals surface area contributed by atoms with E-state index in [0.29, 0.717) is 36.3 Å². The van der Waals surface area contributed by atoms with E-state index in [1.165, 1.54) is 0 Å². The van der Waals surface area contributed by atoms with E-state index < -0.39 is 5.92 Å². The minimum Gasteiger partial charge on any atom is -0.489 e. The van der Waals surface area contributed by atoms with Crippen LogP contribution in [0.25, 0.3) is 0 Å². The number of hydrogen-bond acceptors (Lipinski definition) is 5. The Morgan fingerprint density at radius 3 is 2.53 bits per heavy atom. The zero-order chi connectivity index (χ0) is 22.5. The van der Waals surface area contributed by atoms with Crippen LogP contribution >= 0.6 is 0 Å². The van der Waals surface area contributed by atoms with Gasteiger partial charge < -0.3 is 14.8 Å². The Morgan fingerprint density at radius 2 is 1.78 bits per heavy atom. The Labute approximate surface area is 189 Å². The molecule has 32 heavy (non-hydrogen) atoms. The van der Waals surface area contributed by atoms with Crippen molar-refractivity contribution in [1.82, 2.24) is 5.32 Å². The van der Waals surface area contributed by atoms with Crippen LogP contribution in [0.4, 0.5) is 0 Å². The highest BCUT2D eigenvalue weighted by Crippen LogP contribution is 2.45. The van der Waals surface area contributed by atoms with Crippen molar-refractivity contribution in [2.24, 2.45) is 0 Å². The van der Waals surface area contributed by atoms with Crippen LogP contribution in [0.2, 0.25) is 0 Å². The highest BCUT2D eigenvalue weighted by molar-refractivity contribution is 6.04. The largest absolute Gasteiger partial charge is 0.489 e. The van der Waals surface area contributed by atoms with Crippen molar-refractivity contribution in [3.05, 3.63) is 88.3 Å². The maximum Gasteiger partial charge on any atom is 0.336 e. The van der Waals surface area contributed by atoms with E-state index in [9.17, 15) is 9.59 Å². The van der Waals surface area contributed by atoms with Gasteiger partial charge in [0.05, 0.1) is 18.1 Å². The molecular formula is C27H29NO4. The number of carbonyl (C=O) groups is 2. The Kier molecular flexibility index (Phi) is 6.74.